The number of rotatable bonds is 5. The van der Waals surface area contributed by atoms with Crippen molar-refractivity contribution in [1.29, 1.82) is 0 Å². The molecule has 0 saturated heterocycles. The average Bonchev–Trinajstić information content (AvgIpc) is 2.95. The van der Waals surface area contributed by atoms with Gasteiger partial charge in [-0.1, -0.05) is 6.07 Å². The van der Waals surface area contributed by atoms with Crippen LogP contribution in [-0.2, 0) is 6.42 Å². The largest absolute Gasteiger partial charge is 0.454 e. The third-order valence-corrected chi connectivity index (χ3v) is 3.45. The molecule has 2 heterocycles. The van der Waals surface area contributed by atoms with E-state index in [1.165, 1.54) is 11.6 Å². The standard InChI is InChI=1S/C15H17N3O3/c1-10(12-3-5-15(19)18-17-12)16-7-6-11-2-4-13-14(8-11)21-9-20-13/h2-5,8,10,16H,6-7,9H2,1H3,(H,18,19)/t10-/m1/s1. The van der Waals surface area contributed by atoms with Crippen LogP contribution >= 0.6 is 0 Å². The Hall–Kier alpha value is -2.34. The molecule has 0 saturated carbocycles. The highest BCUT2D eigenvalue weighted by Gasteiger charge is 2.13. The van der Waals surface area contributed by atoms with E-state index in [4.69, 9.17) is 9.47 Å². The molecule has 0 fully saturated rings. The average molecular weight is 287 g/mol. The number of ether oxygens (including phenoxy) is 2. The molecular formula is C15H17N3O3. The summed E-state index contributed by atoms with van der Waals surface area (Å²) in [5.74, 6) is 1.61. The minimum atomic E-state index is -0.189. The number of benzene rings is 1. The van der Waals surface area contributed by atoms with Crippen LogP contribution in [0.5, 0.6) is 11.5 Å². The fourth-order valence-electron chi connectivity index (χ4n) is 2.23. The maximum absolute atomic E-state index is 11.0. The molecule has 110 valence electrons. The van der Waals surface area contributed by atoms with Crippen molar-refractivity contribution in [3.8, 4) is 11.5 Å². The third-order valence-electron chi connectivity index (χ3n) is 3.45. The molecule has 0 amide bonds. The van der Waals surface area contributed by atoms with Gasteiger partial charge in [-0.2, -0.15) is 5.10 Å². The van der Waals surface area contributed by atoms with Crippen LogP contribution in [0.25, 0.3) is 0 Å². The molecule has 1 atom stereocenters. The zero-order valence-electron chi connectivity index (χ0n) is 11.8. The monoisotopic (exact) mass is 287 g/mol. The van der Waals surface area contributed by atoms with Gasteiger partial charge in [0.05, 0.1) is 5.69 Å². The lowest BCUT2D eigenvalue weighted by molar-refractivity contribution is 0.174. The molecule has 0 radical (unpaired) electrons. The number of hydrogen-bond donors (Lipinski definition) is 2. The predicted octanol–water partition coefficient (Wildman–Crippen LogP) is 1.39. The first-order chi connectivity index (χ1) is 10.2. The molecule has 6 nitrogen and oxygen atoms in total. The van der Waals surface area contributed by atoms with Crippen LogP contribution in [0.4, 0.5) is 0 Å². The molecule has 0 bridgehead atoms. The summed E-state index contributed by atoms with van der Waals surface area (Å²) in [6, 6.07) is 9.28. The van der Waals surface area contributed by atoms with E-state index >= 15 is 0 Å². The lowest BCUT2D eigenvalue weighted by Gasteiger charge is -2.12. The van der Waals surface area contributed by atoms with Crippen molar-refractivity contribution >= 4 is 0 Å². The van der Waals surface area contributed by atoms with Gasteiger partial charge in [0.2, 0.25) is 6.79 Å². The van der Waals surface area contributed by atoms with E-state index in [-0.39, 0.29) is 11.6 Å². The Balaban J connectivity index is 1.53. The van der Waals surface area contributed by atoms with Gasteiger partial charge in [0, 0.05) is 12.1 Å². The lowest BCUT2D eigenvalue weighted by Crippen LogP contribution is -2.23. The molecule has 1 aliphatic heterocycles. The van der Waals surface area contributed by atoms with Gasteiger partial charge in [0.1, 0.15) is 0 Å². The van der Waals surface area contributed by atoms with Gasteiger partial charge in [-0.25, -0.2) is 5.10 Å². The number of fused-ring (bicyclic) bond motifs is 1. The van der Waals surface area contributed by atoms with Gasteiger partial charge in [0.25, 0.3) is 5.56 Å². The Labute approximate surface area is 122 Å². The molecule has 3 rings (SSSR count). The van der Waals surface area contributed by atoms with Gasteiger partial charge in [0.15, 0.2) is 11.5 Å². The predicted molar refractivity (Wildman–Crippen MR) is 77.5 cm³/mol. The SMILES string of the molecule is C[C@@H](NCCc1ccc2c(c1)OCO2)c1ccc(=O)[nH]n1. The quantitative estimate of drug-likeness (QED) is 0.869. The topological polar surface area (TPSA) is 76.2 Å². The molecule has 1 aromatic carbocycles. The van der Waals surface area contributed by atoms with E-state index in [1.807, 2.05) is 25.1 Å². The normalized spacial score (nSPS) is 14.1. The van der Waals surface area contributed by atoms with Crippen LogP contribution in [0.3, 0.4) is 0 Å². The van der Waals surface area contributed by atoms with Crippen molar-refractivity contribution in [1.82, 2.24) is 15.5 Å². The maximum atomic E-state index is 11.0. The first-order valence-corrected chi connectivity index (χ1v) is 6.90. The van der Waals surface area contributed by atoms with Crippen molar-refractivity contribution in [2.75, 3.05) is 13.3 Å². The van der Waals surface area contributed by atoms with Crippen molar-refractivity contribution < 1.29 is 9.47 Å². The Morgan fingerprint density at radius 2 is 2.14 bits per heavy atom. The molecular weight excluding hydrogens is 270 g/mol. The van der Waals surface area contributed by atoms with Gasteiger partial charge in [-0.3, -0.25) is 4.79 Å². The fraction of sp³-hybridized carbons (Fsp3) is 0.333. The summed E-state index contributed by atoms with van der Waals surface area (Å²) in [5, 5.41) is 9.83. The highest BCUT2D eigenvalue weighted by molar-refractivity contribution is 5.44. The number of nitrogens with zero attached hydrogens (tertiary/aromatic N) is 1. The van der Waals surface area contributed by atoms with Gasteiger partial charge < -0.3 is 14.8 Å². The highest BCUT2D eigenvalue weighted by Crippen LogP contribution is 2.32. The van der Waals surface area contributed by atoms with Gasteiger partial charge in [-0.15, -0.1) is 0 Å². The second kappa shape index (κ2) is 5.97. The molecule has 1 aliphatic rings. The Morgan fingerprint density at radius 1 is 1.29 bits per heavy atom. The maximum Gasteiger partial charge on any atom is 0.264 e. The van der Waals surface area contributed by atoms with Crippen LogP contribution in [0, 0.1) is 0 Å². The third kappa shape index (κ3) is 3.22. The van der Waals surface area contributed by atoms with Crippen LogP contribution in [0.15, 0.2) is 35.1 Å². The second-order valence-corrected chi connectivity index (χ2v) is 4.96. The van der Waals surface area contributed by atoms with E-state index in [0.717, 1.165) is 30.2 Å². The minimum absolute atomic E-state index is 0.0795. The van der Waals surface area contributed by atoms with E-state index in [2.05, 4.69) is 15.5 Å². The van der Waals surface area contributed by atoms with Gasteiger partial charge in [-0.05, 0) is 43.7 Å². The van der Waals surface area contributed by atoms with Crippen LogP contribution in [0.2, 0.25) is 0 Å². The minimum Gasteiger partial charge on any atom is -0.454 e. The van der Waals surface area contributed by atoms with E-state index in [1.54, 1.807) is 6.07 Å². The summed E-state index contributed by atoms with van der Waals surface area (Å²) in [7, 11) is 0. The summed E-state index contributed by atoms with van der Waals surface area (Å²) in [6.45, 7) is 3.12. The Kier molecular flexibility index (Phi) is 3.87. The molecule has 0 aliphatic carbocycles. The van der Waals surface area contributed by atoms with E-state index < -0.39 is 0 Å². The van der Waals surface area contributed by atoms with Crippen molar-refractivity contribution in [3.63, 3.8) is 0 Å². The van der Waals surface area contributed by atoms with Crippen LogP contribution in [-0.4, -0.2) is 23.5 Å². The Morgan fingerprint density at radius 3 is 2.95 bits per heavy atom. The number of H-pyrrole nitrogens is 1. The first kappa shape index (κ1) is 13.6. The molecule has 21 heavy (non-hydrogen) atoms. The Bertz CT molecular complexity index is 664. The zero-order chi connectivity index (χ0) is 14.7. The highest BCUT2D eigenvalue weighted by atomic mass is 16.7. The molecule has 2 aromatic rings. The number of aromatic nitrogens is 2. The lowest BCUT2D eigenvalue weighted by atomic mass is 10.1. The summed E-state index contributed by atoms with van der Waals surface area (Å²) in [5.41, 5.74) is 1.82. The molecule has 0 unspecified atom stereocenters. The summed E-state index contributed by atoms with van der Waals surface area (Å²) in [4.78, 5) is 11.0. The molecule has 2 N–H and O–H groups in total. The molecule has 0 spiro atoms. The summed E-state index contributed by atoms with van der Waals surface area (Å²) >= 11 is 0. The van der Waals surface area contributed by atoms with E-state index in [9.17, 15) is 4.79 Å². The second-order valence-electron chi connectivity index (χ2n) is 4.96. The van der Waals surface area contributed by atoms with Crippen molar-refractivity contribution in [3.05, 3.63) is 51.9 Å². The smallest absolute Gasteiger partial charge is 0.264 e. The van der Waals surface area contributed by atoms with Crippen LogP contribution < -0.4 is 20.3 Å². The fourth-order valence-corrected chi connectivity index (χ4v) is 2.23. The van der Waals surface area contributed by atoms with Crippen molar-refractivity contribution in [2.45, 2.75) is 19.4 Å². The van der Waals surface area contributed by atoms with Crippen LogP contribution in [0.1, 0.15) is 24.2 Å². The zero-order valence-corrected chi connectivity index (χ0v) is 11.8. The first-order valence-electron chi connectivity index (χ1n) is 6.90. The summed E-state index contributed by atoms with van der Waals surface area (Å²) < 4.78 is 10.6. The molecule has 6 heteroatoms. The van der Waals surface area contributed by atoms with Crippen molar-refractivity contribution in [2.24, 2.45) is 0 Å². The number of hydrogen-bond acceptors (Lipinski definition) is 5. The number of nitrogens with one attached hydrogen (secondary N) is 2. The number of aromatic amines is 1. The van der Waals surface area contributed by atoms with E-state index in [0.29, 0.717) is 6.79 Å². The molecule has 1 aromatic heterocycles. The summed E-state index contributed by atoms with van der Waals surface area (Å²) in [6.07, 6.45) is 0.879. The van der Waals surface area contributed by atoms with Gasteiger partial charge >= 0.3 is 0 Å².